The van der Waals surface area contributed by atoms with Crippen molar-refractivity contribution in [2.75, 3.05) is 7.05 Å². The van der Waals surface area contributed by atoms with Gasteiger partial charge in [0, 0.05) is 23.5 Å². The standard InChI is InChI=1S/C13H10Cl2N2O2S2/c1-17(8-11-4-5-13(15)20-11)21(18,19)12-6-10(14)3-2-9(12)7-16/h2-6H,8H2,1H3. The molecule has 1 heterocycles. The third-order valence-electron chi connectivity index (χ3n) is 2.76. The highest BCUT2D eigenvalue weighted by Gasteiger charge is 2.25. The van der Waals surface area contributed by atoms with Gasteiger partial charge in [0.15, 0.2) is 0 Å². The number of thiophene rings is 1. The number of nitrogens with zero attached hydrogens (tertiary/aromatic N) is 2. The summed E-state index contributed by atoms with van der Waals surface area (Å²) >= 11 is 13.0. The Balaban J connectivity index is 2.38. The monoisotopic (exact) mass is 360 g/mol. The van der Waals surface area contributed by atoms with Crippen LogP contribution >= 0.6 is 34.5 Å². The number of hydrogen-bond donors (Lipinski definition) is 0. The van der Waals surface area contributed by atoms with E-state index in [1.807, 2.05) is 6.07 Å². The Hall–Kier alpha value is -1.10. The van der Waals surface area contributed by atoms with Crippen LogP contribution in [-0.2, 0) is 16.6 Å². The van der Waals surface area contributed by atoms with Crippen molar-refractivity contribution in [3.8, 4) is 6.07 Å². The molecule has 0 bridgehead atoms. The molecule has 110 valence electrons. The smallest absolute Gasteiger partial charge is 0.207 e. The summed E-state index contributed by atoms with van der Waals surface area (Å²) in [4.78, 5) is 0.717. The van der Waals surface area contributed by atoms with Crippen molar-refractivity contribution >= 4 is 44.6 Å². The lowest BCUT2D eigenvalue weighted by Crippen LogP contribution is -2.26. The second kappa shape index (κ2) is 6.34. The third-order valence-corrected chi connectivity index (χ3v) is 6.05. The molecular formula is C13H10Cl2N2O2S2. The minimum Gasteiger partial charge on any atom is -0.207 e. The fourth-order valence-corrected chi connectivity index (χ4v) is 4.48. The van der Waals surface area contributed by atoms with Crippen LogP contribution in [0, 0.1) is 11.3 Å². The predicted octanol–water partition coefficient (Wildman–Crippen LogP) is 3.75. The Kier molecular flexibility index (Phi) is 4.91. The van der Waals surface area contributed by atoms with E-state index in [0.717, 1.165) is 4.88 Å². The molecule has 0 aliphatic carbocycles. The lowest BCUT2D eigenvalue weighted by molar-refractivity contribution is 0.469. The van der Waals surface area contributed by atoms with E-state index in [9.17, 15) is 8.42 Å². The summed E-state index contributed by atoms with van der Waals surface area (Å²) < 4.78 is 26.9. The molecule has 0 aliphatic rings. The molecule has 2 aromatic rings. The van der Waals surface area contributed by atoms with Gasteiger partial charge in [-0.25, -0.2) is 8.42 Å². The zero-order valence-electron chi connectivity index (χ0n) is 10.9. The molecule has 1 aromatic heterocycles. The van der Waals surface area contributed by atoms with Crippen LogP contribution in [-0.4, -0.2) is 19.8 Å². The van der Waals surface area contributed by atoms with Crippen LogP contribution in [0.15, 0.2) is 35.2 Å². The van der Waals surface area contributed by atoms with Crippen molar-refractivity contribution in [3.05, 3.63) is 50.1 Å². The van der Waals surface area contributed by atoms with Crippen molar-refractivity contribution in [2.45, 2.75) is 11.4 Å². The first kappa shape index (κ1) is 16.3. The van der Waals surface area contributed by atoms with Gasteiger partial charge >= 0.3 is 0 Å². The van der Waals surface area contributed by atoms with Gasteiger partial charge in [-0.15, -0.1) is 11.3 Å². The van der Waals surface area contributed by atoms with E-state index >= 15 is 0 Å². The molecule has 0 aliphatic heterocycles. The van der Waals surface area contributed by atoms with Gasteiger partial charge in [-0.05, 0) is 30.3 Å². The van der Waals surface area contributed by atoms with Crippen molar-refractivity contribution < 1.29 is 8.42 Å². The molecule has 0 N–H and O–H groups in total. The summed E-state index contributed by atoms with van der Waals surface area (Å²) in [6, 6.07) is 9.51. The normalized spacial score (nSPS) is 11.6. The van der Waals surface area contributed by atoms with Crippen LogP contribution in [0.4, 0.5) is 0 Å². The van der Waals surface area contributed by atoms with E-state index in [1.54, 1.807) is 12.1 Å². The second-order valence-electron chi connectivity index (χ2n) is 4.22. The highest BCUT2D eigenvalue weighted by atomic mass is 35.5. The van der Waals surface area contributed by atoms with E-state index < -0.39 is 10.0 Å². The van der Waals surface area contributed by atoms with E-state index in [1.165, 1.54) is 40.9 Å². The molecule has 0 saturated heterocycles. The molecule has 0 atom stereocenters. The van der Waals surface area contributed by atoms with Crippen LogP contribution in [0.2, 0.25) is 9.36 Å². The van der Waals surface area contributed by atoms with Crippen molar-refractivity contribution in [2.24, 2.45) is 0 Å². The SMILES string of the molecule is CN(Cc1ccc(Cl)s1)S(=O)(=O)c1cc(Cl)ccc1C#N. The maximum absolute atomic E-state index is 12.6. The molecule has 0 fully saturated rings. The van der Waals surface area contributed by atoms with Crippen molar-refractivity contribution in [3.63, 3.8) is 0 Å². The Morgan fingerprint density at radius 3 is 2.57 bits per heavy atom. The Morgan fingerprint density at radius 1 is 1.29 bits per heavy atom. The summed E-state index contributed by atoms with van der Waals surface area (Å²) in [6.45, 7) is 0.178. The maximum Gasteiger partial charge on any atom is 0.244 e. The number of sulfonamides is 1. The number of nitriles is 1. The average Bonchev–Trinajstić information content (AvgIpc) is 2.84. The minimum atomic E-state index is -3.80. The zero-order chi connectivity index (χ0) is 15.6. The van der Waals surface area contributed by atoms with Crippen LogP contribution in [0.5, 0.6) is 0 Å². The van der Waals surface area contributed by atoms with Gasteiger partial charge in [-0.1, -0.05) is 23.2 Å². The molecule has 2 rings (SSSR count). The van der Waals surface area contributed by atoms with Gasteiger partial charge in [0.2, 0.25) is 10.0 Å². The van der Waals surface area contributed by atoms with E-state index in [0.29, 0.717) is 4.34 Å². The highest BCUT2D eigenvalue weighted by Crippen LogP contribution is 2.27. The number of rotatable bonds is 4. The summed E-state index contributed by atoms with van der Waals surface area (Å²) in [5.41, 5.74) is 0.0652. The van der Waals surface area contributed by atoms with E-state index in [2.05, 4.69) is 0 Å². The van der Waals surface area contributed by atoms with Gasteiger partial charge in [0.25, 0.3) is 0 Å². The summed E-state index contributed by atoms with van der Waals surface area (Å²) in [5.74, 6) is 0. The summed E-state index contributed by atoms with van der Waals surface area (Å²) in [7, 11) is -2.35. The molecule has 0 saturated carbocycles. The zero-order valence-corrected chi connectivity index (χ0v) is 14.0. The van der Waals surface area contributed by atoms with Crippen LogP contribution in [0.1, 0.15) is 10.4 Å². The molecule has 0 radical (unpaired) electrons. The Labute approximate surface area is 137 Å². The van der Waals surface area contributed by atoms with Gasteiger partial charge in [-0.2, -0.15) is 9.57 Å². The predicted molar refractivity (Wildman–Crippen MR) is 84.1 cm³/mol. The van der Waals surface area contributed by atoms with Gasteiger partial charge < -0.3 is 0 Å². The molecule has 1 aromatic carbocycles. The first-order valence-electron chi connectivity index (χ1n) is 5.75. The molecular weight excluding hydrogens is 351 g/mol. The lowest BCUT2D eigenvalue weighted by atomic mass is 10.2. The number of halogens is 2. The fraction of sp³-hybridized carbons (Fsp3) is 0.154. The van der Waals surface area contributed by atoms with Crippen LogP contribution < -0.4 is 0 Å². The second-order valence-corrected chi connectivity index (χ2v) is 8.47. The van der Waals surface area contributed by atoms with Crippen molar-refractivity contribution in [1.29, 1.82) is 5.26 Å². The first-order valence-corrected chi connectivity index (χ1v) is 8.76. The van der Waals surface area contributed by atoms with Gasteiger partial charge in [-0.3, -0.25) is 0 Å². The summed E-state index contributed by atoms with van der Waals surface area (Å²) in [5, 5.41) is 9.32. The minimum absolute atomic E-state index is 0.0652. The van der Waals surface area contributed by atoms with E-state index in [-0.39, 0.29) is 22.0 Å². The number of benzene rings is 1. The highest BCUT2D eigenvalue weighted by molar-refractivity contribution is 7.89. The third kappa shape index (κ3) is 3.57. The van der Waals surface area contributed by atoms with Gasteiger partial charge in [0.05, 0.1) is 9.90 Å². The quantitative estimate of drug-likeness (QED) is 0.833. The molecule has 8 heteroatoms. The molecule has 21 heavy (non-hydrogen) atoms. The average molecular weight is 361 g/mol. The first-order chi connectivity index (χ1) is 9.84. The largest absolute Gasteiger partial charge is 0.244 e. The molecule has 4 nitrogen and oxygen atoms in total. The van der Waals surface area contributed by atoms with E-state index in [4.69, 9.17) is 28.5 Å². The Bertz CT molecular complexity index is 810. The molecule has 0 amide bonds. The molecule has 0 unspecified atom stereocenters. The summed E-state index contributed by atoms with van der Waals surface area (Å²) in [6.07, 6.45) is 0. The van der Waals surface area contributed by atoms with Crippen molar-refractivity contribution in [1.82, 2.24) is 4.31 Å². The molecule has 0 spiro atoms. The maximum atomic E-state index is 12.6. The Morgan fingerprint density at radius 2 is 2.00 bits per heavy atom. The van der Waals surface area contributed by atoms with Crippen LogP contribution in [0.3, 0.4) is 0 Å². The number of hydrogen-bond acceptors (Lipinski definition) is 4. The fourth-order valence-electron chi connectivity index (χ4n) is 1.71. The topological polar surface area (TPSA) is 61.2 Å². The van der Waals surface area contributed by atoms with Crippen LogP contribution in [0.25, 0.3) is 0 Å². The van der Waals surface area contributed by atoms with Gasteiger partial charge in [0.1, 0.15) is 11.0 Å². The lowest BCUT2D eigenvalue weighted by Gasteiger charge is -2.17.